The summed E-state index contributed by atoms with van der Waals surface area (Å²) in [4.78, 5) is 20.8. The number of esters is 2. The van der Waals surface area contributed by atoms with Crippen molar-refractivity contribution in [3.8, 4) is 0 Å². The molecule has 1 aliphatic carbocycles. The summed E-state index contributed by atoms with van der Waals surface area (Å²) in [6, 6.07) is 0. The third kappa shape index (κ3) is 4.53. The molecule has 1 saturated heterocycles. The van der Waals surface area contributed by atoms with Crippen molar-refractivity contribution in [2.45, 2.75) is 3.92 Å². The molecule has 0 radical (unpaired) electrons. The van der Waals surface area contributed by atoms with Gasteiger partial charge in [0, 0.05) is 9.84 Å². The van der Waals surface area contributed by atoms with Gasteiger partial charge in [-0.25, -0.2) is 4.79 Å². The summed E-state index contributed by atoms with van der Waals surface area (Å²) in [5, 5.41) is 6.42. The van der Waals surface area contributed by atoms with Crippen molar-refractivity contribution in [3.05, 3.63) is 10.2 Å². The summed E-state index contributed by atoms with van der Waals surface area (Å²) < 4.78 is 11.5. The maximum absolute atomic E-state index is 10.6. The van der Waals surface area contributed by atoms with Gasteiger partial charge in [0.2, 0.25) is 0 Å². The summed E-state index contributed by atoms with van der Waals surface area (Å²) in [6.45, 7) is 0.925. The molecular weight excluding hydrogens is 452 g/mol. The van der Waals surface area contributed by atoms with E-state index in [-0.39, 0.29) is 18.5 Å². The van der Waals surface area contributed by atoms with E-state index in [0.29, 0.717) is 22.7 Å². The summed E-state index contributed by atoms with van der Waals surface area (Å²) in [5.41, 5.74) is 0. The van der Waals surface area contributed by atoms with Crippen LogP contribution in [0.25, 0.3) is 0 Å². The maximum atomic E-state index is 10.6. The Hall–Kier alpha value is -0.190. The van der Waals surface area contributed by atoms with Crippen LogP contribution in [-0.4, -0.2) is 35.3 Å². The highest BCUT2D eigenvalue weighted by atomic mass is 127. The number of cyclic esters (lactones) is 1. The highest BCUT2D eigenvalue weighted by Crippen LogP contribution is 2.50. The van der Waals surface area contributed by atoms with E-state index in [0.717, 1.165) is 0 Å². The average Bonchev–Trinajstić information content (AvgIpc) is 2.79. The Morgan fingerprint density at radius 1 is 1.65 bits per heavy atom. The van der Waals surface area contributed by atoms with Crippen molar-refractivity contribution >= 4 is 63.3 Å². The lowest BCUT2D eigenvalue weighted by Crippen LogP contribution is -2.03. The number of carbonyl (C=O) groups excluding carboxylic acids is 2. The second kappa shape index (κ2) is 7.29. The minimum Gasteiger partial charge on any atom is -0.465 e. The molecule has 0 unspecified atom stereocenters. The molecule has 0 aromatic carbocycles. The van der Waals surface area contributed by atoms with Crippen molar-refractivity contribution in [2.75, 3.05) is 13.2 Å². The molecule has 2 fully saturated rings. The Kier molecular flexibility index (Phi) is 6.38. The molecule has 0 aromatic rings. The minimum absolute atomic E-state index is 0.0226. The van der Waals surface area contributed by atoms with E-state index in [1.165, 1.54) is 0 Å². The molecule has 1 N–H and O–H groups in total. The zero-order valence-corrected chi connectivity index (χ0v) is 13.1. The molecule has 2 rings (SSSR count). The molecular formula is C10H11I2NO4. The standard InChI is InChI=1S/C5H6INO2.C5H5IO2/c6-2-1-3-9-5(8)4-7;6-4-2-1-8-5(7)3(2)4/h1-2,4,7H,3H2;2-4H,1H2/b2-1-,7-4?;/t;2-,3+,4-/m.0/s1. The molecule has 94 valence electrons. The fraction of sp³-hybridized carbons (Fsp3) is 0.500. The molecule has 5 nitrogen and oxygen atoms in total. The number of hydrogen-bond donors (Lipinski definition) is 1. The molecule has 2 aliphatic rings. The fourth-order valence-electron chi connectivity index (χ4n) is 1.32. The van der Waals surface area contributed by atoms with E-state index in [9.17, 15) is 9.59 Å². The lowest BCUT2D eigenvalue weighted by Gasteiger charge is -1.94. The van der Waals surface area contributed by atoms with Gasteiger partial charge in [-0.1, -0.05) is 45.2 Å². The van der Waals surface area contributed by atoms with Gasteiger partial charge in [-0.05, 0) is 10.2 Å². The number of halogens is 2. The second-order valence-corrected chi connectivity index (χ2v) is 5.56. The van der Waals surface area contributed by atoms with Gasteiger partial charge in [-0.15, -0.1) is 0 Å². The summed E-state index contributed by atoms with van der Waals surface area (Å²) >= 11 is 4.33. The van der Waals surface area contributed by atoms with E-state index < -0.39 is 5.97 Å². The van der Waals surface area contributed by atoms with Crippen LogP contribution in [0.4, 0.5) is 0 Å². The molecule has 1 heterocycles. The van der Waals surface area contributed by atoms with Crippen LogP contribution in [-0.2, 0) is 19.1 Å². The third-order valence-corrected chi connectivity index (χ3v) is 4.50. The molecule has 1 aliphatic heterocycles. The Bertz CT molecular complexity index is 345. The van der Waals surface area contributed by atoms with Crippen molar-refractivity contribution in [1.29, 1.82) is 5.41 Å². The highest BCUT2D eigenvalue weighted by Gasteiger charge is 2.59. The van der Waals surface area contributed by atoms with Crippen LogP contribution >= 0.6 is 45.2 Å². The molecule has 0 spiro atoms. The monoisotopic (exact) mass is 463 g/mol. The number of rotatable bonds is 3. The van der Waals surface area contributed by atoms with Crippen LogP contribution in [0.15, 0.2) is 10.2 Å². The SMILES string of the molecule is N=CC(=O)OC/C=C\I.O=C1OC[C@@H]2[C@H](I)[C@H]12. The number of hydrogen-bond acceptors (Lipinski definition) is 5. The Morgan fingerprint density at radius 3 is 2.71 bits per heavy atom. The molecule has 7 heteroatoms. The number of ether oxygens (including phenoxy) is 2. The first-order valence-electron chi connectivity index (χ1n) is 4.85. The molecule has 3 atom stereocenters. The maximum Gasteiger partial charge on any atom is 0.348 e. The van der Waals surface area contributed by atoms with Crippen LogP contribution in [0, 0.1) is 17.2 Å². The fourth-order valence-corrected chi connectivity index (χ4v) is 2.76. The summed E-state index contributed by atoms with van der Waals surface area (Å²) in [6.07, 6.45) is 2.32. The van der Waals surface area contributed by atoms with E-state index in [1.807, 2.05) is 22.6 Å². The van der Waals surface area contributed by atoms with E-state index in [2.05, 4.69) is 27.3 Å². The molecule has 0 amide bonds. The van der Waals surface area contributed by atoms with Gasteiger partial charge in [0.15, 0.2) is 0 Å². The molecule has 0 aromatic heterocycles. The van der Waals surface area contributed by atoms with Crippen LogP contribution in [0.1, 0.15) is 0 Å². The van der Waals surface area contributed by atoms with Crippen LogP contribution in [0.5, 0.6) is 0 Å². The normalized spacial score (nSPS) is 28.8. The average molecular weight is 463 g/mol. The summed E-state index contributed by atoms with van der Waals surface area (Å²) in [5.74, 6) is 0.262. The first-order chi connectivity index (χ1) is 8.11. The van der Waals surface area contributed by atoms with Crippen molar-refractivity contribution in [3.63, 3.8) is 0 Å². The van der Waals surface area contributed by atoms with Gasteiger partial charge in [0.05, 0.1) is 12.5 Å². The number of fused-ring (bicyclic) bond motifs is 1. The van der Waals surface area contributed by atoms with Gasteiger partial charge in [-0.2, -0.15) is 0 Å². The molecule has 17 heavy (non-hydrogen) atoms. The van der Waals surface area contributed by atoms with Crippen LogP contribution < -0.4 is 0 Å². The second-order valence-electron chi connectivity index (χ2n) is 3.40. The third-order valence-electron chi connectivity index (χ3n) is 2.29. The topological polar surface area (TPSA) is 76.5 Å². The first-order valence-corrected chi connectivity index (χ1v) is 7.34. The van der Waals surface area contributed by atoms with Gasteiger partial charge >= 0.3 is 11.9 Å². The van der Waals surface area contributed by atoms with Crippen molar-refractivity contribution in [2.24, 2.45) is 11.8 Å². The number of carbonyl (C=O) groups is 2. The number of nitrogens with one attached hydrogen (secondary N) is 1. The quantitative estimate of drug-likeness (QED) is 0.300. The predicted octanol–water partition coefficient (Wildman–Crippen LogP) is 1.72. The lowest BCUT2D eigenvalue weighted by molar-refractivity contribution is -0.140. The Labute approximate surface area is 126 Å². The highest BCUT2D eigenvalue weighted by molar-refractivity contribution is 14.1. The molecule has 0 bridgehead atoms. The zero-order valence-electron chi connectivity index (χ0n) is 8.77. The van der Waals surface area contributed by atoms with Gasteiger partial charge in [-0.3, -0.25) is 4.79 Å². The van der Waals surface area contributed by atoms with E-state index in [1.54, 1.807) is 10.2 Å². The smallest absolute Gasteiger partial charge is 0.348 e. The van der Waals surface area contributed by atoms with Crippen LogP contribution in [0.3, 0.4) is 0 Å². The Morgan fingerprint density at radius 2 is 2.35 bits per heavy atom. The van der Waals surface area contributed by atoms with Crippen molar-refractivity contribution < 1.29 is 19.1 Å². The molecule has 1 saturated carbocycles. The first kappa shape index (κ1) is 14.9. The van der Waals surface area contributed by atoms with Gasteiger partial charge in [0.25, 0.3) is 0 Å². The number of alkyl halides is 1. The Balaban J connectivity index is 0.000000170. The van der Waals surface area contributed by atoms with E-state index >= 15 is 0 Å². The lowest BCUT2D eigenvalue weighted by atomic mass is 10.4. The minimum atomic E-state index is -0.607. The van der Waals surface area contributed by atoms with Crippen LogP contribution in [0.2, 0.25) is 0 Å². The predicted molar refractivity (Wildman–Crippen MR) is 78.6 cm³/mol. The largest absolute Gasteiger partial charge is 0.465 e. The van der Waals surface area contributed by atoms with Crippen molar-refractivity contribution in [1.82, 2.24) is 0 Å². The summed E-state index contributed by atoms with van der Waals surface area (Å²) in [7, 11) is 0. The van der Waals surface area contributed by atoms with E-state index in [4.69, 9.17) is 10.1 Å². The van der Waals surface area contributed by atoms with Gasteiger partial charge in [0.1, 0.15) is 12.8 Å². The zero-order chi connectivity index (χ0) is 12.8. The van der Waals surface area contributed by atoms with Gasteiger partial charge < -0.3 is 14.9 Å².